The molecule has 2 unspecified atom stereocenters. The quantitative estimate of drug-likeness (QED) is 0.780. The molecule has 0 saturated carbocycles. The van der Waals surface area contributed by atoms with E-state index in [0.29, 0.717) is 12.1 Å². The highest BCUT2D eigenvalue weighted by Gasteiger charge is 2.35. The molecule has 2 N–H and O–H groups in total. The van der Waals surface area contributed by atoms with Gasteiger partial charge in [0.25, 0.3) is 0 Å². The van der Waals surface area contributed by atoms with E-state index < -0.39 is 0 Å². The number of nitrogens with one attached hydrogen (secondary N) is 2. The molecule has 0 radical (unpaired) electrons. The normalized spacial score (nSPS) is 26.7. The molecule has 1 saturated heterocycles. The minimum absolute atomic E-state index is 0.433. The average molecular weight is 336 g/mol. The molecule has 1 fully saturated rings. The van der Waals surface area contributed by atoms with E-state index in [1.54, 1.807) is 0 Å². The highest BCUT2D eigenvalue weighted by Crippen LogP contribution is 2.33. The lowest BCUT2D eigenvalue weighted by atomic mass is 10.0. The second kappa shape index (κ2) is 8.77. The summed E-state index contributed by atoms with van der Waals surface area (Å²) in [7, 11) is 6.68. The van der Waals surface area contributed by atoms with Crippen LogP contribution in [-0.2, 0) is 0 Å². The number of fused-ring (bicyclic) bond motifs is 1. The van der Waals surface area contributed by atoms with Gasteiger partial charge in [-0.15, -0.1) is 0 Å². The Morgan fingerprint density at radius 1 is 1.29 bits per heavy atom. The van der Waals surface area contributed by atoms with Gasteiger partial charge in [0.2, 0.25) is 0 Å². The van der Waals surface area contributed by atoms with E-state index in [1.165, 1.54) is 42.8 Å². The molecule has 0 amide bonds. The van der Waals surface area contributed by atoms with Crippen LogP contribution in [0.25, 0.3) is 0 Å². The van der Waals surface area contributed by atoms with Crippen molar-refractivity contribution in [2.24, 2.45) is 0 Å². The first-order chi connectivity index (χ1) is 11.5. The first kappa shape index (κ1) is 19.1. The van der Waals surface area contributed by atoms with Gasteiger partial charge >= 0.3 is 0 Å². The van der Waals surface area contributed by atoms with Crippen molar-refractivity contribution in [2.75, 3.05) is 27.7 Å². The molecular formula is C19H37N5. The Labute approximate surface area is 148 Å². The first-order valence-electron chi connectivity index (χ1n) is 9.60. The molecule has 5 nitrogen and oxygen atoms in total. The third-order valence-electron chi connectivity index (χ3n) is 5.40. The van der Waals surface area contributed by atoms with Gasteiger partial charge in [-0.2, -0.15) is 5.53 Å². The SMILES string of the molecule is CCCCC1C(C)N2NNCC=C2C/C(=C(\CCC)N(C)C)N1C. The Bertz CT molecular complexity index is 468. The molecule has 2 aliphatic rings. The Morgan fingerprint density at radius 2 is 2.04 bits per heavy atom. The standard InChI is InChI=1S/C19H37N5/c1-7-9-11-17-15(3)24-16(12-13-20-21-24)14-19(23(17)6)18(10-8-2)22(4)5/h12,15,17,20-21H,7-11,13-14H2,1-6H3/b19-18-. The monoisotopic (exact) mass is 335 g/mol. The van der Waals surface area contributed by atoms with E-state index in [1.807, 2.05) is 0 Å². The number of rotatable bonds is 6. The van der Waals surface area contributed by atoms with E-state index in [4.69, 9.17) is 0 Å². The third-order valence-corrected chi connectivity index (χ3v) is 5.40. The first-order valence-corrected chi connectivity index (χ1v) is 9.60. The van der Waals surface area contributed by atoms with Gasteiger partial charge in [-0.05, 0) is 25.8 Å². The zero-order valence-corrected chi connectivity index (χ0v) is 16.5. The lowest BCUT2D eigenvalue weighted by molar-refractivity contribution is 0.0921. The van der Waals surface area contributed by atoms with Gasteiger partial charge in [0.15, 0.2) is 0 Å². The van der Waals surface area contributed by atoms with Crippen LogP contribution in [0.5, 0.6) is 0 Å². The van der Waals surface area contributed by atoms with Crippen LogP contribution in [0.3, 0.4) is 0 Å². The number of allylic oxidation sites excluding steroid dienone is 1. The molecule has 5 heteroatoms. The van der Waals surface area contributed by atoms with Gasteiger partial charge in [-0.3, -0.25) is 5.01 Å². The fraction of sp³-hybridized carbons (Fsp3) is 0.789. The van der Waals surface area contributed by atoms with Gasteiger partial charge in [0.05, 0.1) is 12.1 Å². The molecule has 2 atom stereocenters. The average Bonchev–Trinajstić information content (AvgIpc) is 2.67. The molecule has 0 spiro atoms. The summed E-state index contributed by atoms with van der Waals surface area (Å²) in [4.78, 5) is 4.90. The van der Waals surface area contributed by atoms with Crippen molar-refractivity contribution in [2.45, 2.75) is 71.4 Å². The Hall–Kier alpha value is -1.20. The van der Waals surface area contributed by atoms with Crippen LogP contribution >= 0.6 is 0 Å². The van der Waals surface area contributed by atoms with Crippen molar-refractivity contribution < 1.29 is 0 Å². The number of hydrazine groups is 2. The van der Waals surface area contributed by atoms with Gasteiger partial charge in [-0.1, -0.05) is 33.1 Å². The molecule has 2 rings (SSSR count). The van der Waals surface area contributed by atoms with E-state index in [9.17, 15) is 0 Å². The summed E-state index contributed by atoms with van der Waals surface area (Å²) in [6, 6.07) is 0.952. The molecule has 138 valence electrons. The molecule has 2 heterocycles. The highest BCUT2D eigenvalue weighted by molar-refractivity contribution is 5.24. The van der Waals surface area contributed by atoms with Crippen molar-refractivity contribution in [1.82, 2.24) is 25.8 Å². The lowest BCUT2D eigenvalue weighted by Gasteiger charge is -2.40. The van der Waals surface area contributed by atoms with Crippen LogP contribution in [0.2, 0.25) is 0 Å². The second-order valence-corrected chi connectivity index (χ2v) is 7.33. The van der Waals surface area contributed by atoms with Crippen molar-refractivity contribution in [3.05, 3.63) is 23.2 Å². The molecule has 24 heavy (non-hydrogen) atoms. The zero-order valence-electron chi connectivity index (χ0n) is 16.5. The van der Waals surface area contributed by atoms with Gasteiger partial charge in [-0.25, -0.2) is 5.43 Å². The van der Waals surface area contributed by atoms with Crippen molar-refractivity contribution in [3.63, 3.8) is 0 Å². The molecular weight excluding hydrogens is 298 g/mol. The van der Waals surface area contributed by atoms with Gasteiger partial charge in [0.1, 0.15) is 0 Å². The minimum Gasteiger partial charge on any atom is -0.380 e. The summed E-state index contributed by atoms with van der Waals surface area (Å²) in [6.07, 6.45) is 9.42. The lowest BCUT2D eigenvalue weighted by Crippen LogP contribution is -2.57. The van der Waals surface area contributed by atoms with Crippen molar-refractivity contribution >= 4 is 0 Å². The molecule has 0 bridgehead atoms. The topological polar surface area (TPSA) is 33.8 Å². The van der Waals surface area contributed by atoms with Crippen LogP contribution in [0.4, 0.5) is 0 Å². The Morgan fingerprint density at radius 3 is 2.67 bits per heavy atom. The molecule has 0 aromatic rings. The third kappa shape index (κ3) is 4.06. The minimum atomic E-state index is 0.433. The molecule has 0 aromatic carbocycles. The van der Waals surface area contributed by atoms with Crippen LogP contribution in [-0.4, -0.2) is 54.6 Å². The Balaban J connectivity index is 2.45. The smallest absolute Gasteiger partial charge is 0.0639 e. The molecule has 0 aliphatic carbocycles. The van der Waals surface area contributed by atoms with Crippen LogP contribution < -0.4 is 11.0 Å². The largest absolute Gasteiger partial charge is 0.380 e. The highest BCUT2D eigenvalue weighted by atomic mass is 15.7. The Kier molecular flexibility index (Phi) is 6.99. The zero-order chi connectivity index (χ0) is 17.7. The predicted molar refractivity (Wildman–Crippen MR) is 102 cm³/mol. The summed E-state index contributed by atoms with van der Waals surface area (Å²) < 4.78 is 0. The summed E-state index contributed by atoms with van der Waals surface area (Å²) in [6.45, 7) is 7.80. The van der Waals surface area contributed by atoms with Gasteiger partial charge in [0, 0.05) is 51.2 Å². The summed E-state index contributed by atoms with van der Waals surface area (Å²) >= 11 is 0. The fourth-order valence-corrected chi connectivity index (χ4v) is 4.00. The molecule has 0 aromatic heterocycles. The number of unbranched alkanes of at least 4 members (excludes halogenated alkanes) is 1. The van der Waals surface area contributed by atoms with Crippen LogP contribution in [0, 0.1) is 0 Å². The van der Waals surface area contributed by atoms with E-state index in [2.05, 4.69) is 73.8 Å². The van der Waals surface area contributed by atoms with Gasteiger partial charge < -0.3 is 9.80 Å². The van der Waals surface area contributed by atoms with Crippen LogP contribution in [0.15, 0.2) is 23.2 Å². The molecule has 2 aliphatic heterocycles. The number of nitrogens with zero attached hydrogens (tertiary/aromatic N) is 3. The van der Waals surface area contributed by atoms with E-state index in [-0.39, 0.29) is 0 Å². The summed E-state index contributed by atoms with van der Waals surface area (Å²) in [5, 5.41) is 2.35. The number of likely N-dealkylation sites (N-methyl/N-ethyl adjacent to an activating group) is 1. The maximum Gasteiger partial charge on any atom is 0.0639 e. The summed E-state index contributed by atoms with van der Waals surface area (Å²) in [5.74, 6) is 0. The maximum absolute atomic E-state index is 3.41. The number of hydrogen-bond donors (Lipinski definition) is 2. The maximum atomic E-state index is 3.41. The van der Waals surface area contributed by atoms with Crippen molar-refractivity contribution in [1.29, 1.82) is 0 Å². The predicted octanol–water partition coefficient (Wildman–Crippen LogP) is 3.05. The number of hydrogen-bond acceptors (Lipinski definition) is 5. The van der Waals surface area contributed by atoms with Crippen molar-refractivity contribution in [3.8, 4) is 0 Å². The van der Waals surface area contributed by atoms with Crippen LogP contribution in [0.1, 0.15) is 59.3 Å². The second-order valence-electron chi connectivity index (χ2n) is 7.33. The van der Waals surface area contributed by atoms with E-state index >= 15 is 0 Å². The van der Waals surface area contributed by atoms with E-state index in [0.717, 1.165) is 19.4 Å². The fourth-order valence-electron chi connectivity index (χ4n) is 4.00. The summed E-state index contributed by atoms with van der Waals surface area (Å²) in [5.41, 5.74) is 11.1.